The van der Waals surface area contributed by atoms with Gasteiger partial charge >= 0.3 is 12.3 Å². The Labute approximate surface area is 171 Å². The molecule has 1 fully saturated rings. The Hall–Kier alpha value is -1.48. The third kappa shape index (κ3) is 6.55. The largest absolute Gasteiger partial charge is 0.491 e. The Bertz CT molecular complexity index is 692. The Morgan fingerprint density at radius 1 is 1.25 bits per heavy atom. The zero-order chi connectivity index (χ0) is 21.1. The molecule has 2 rings (SSSR count). The van der Waals surface area contributed by atoms with Crippen molar-refractivity contribution >= 4 is 22.0 Å². The maximum absolute atomic E-state index is 12.8. The number of amides is 1. The molecule has 0 aliphatic carbocycles. The molecule has 28 heavy (non-hydrogen) atoms. The quantitative estimate of drug-likeness (QED) is 0.639. The van der Waals surface area contributed by atoms with Gasteiger partial charge in [0.2, 0.25) is 0 Å². The van der Waals surface area contributed by atoms with Crippen molar-refractivity contribution in [1.29, 1.82) is 0 Å². The fourth-order valence-electron chi connectivity index (χ4n) is 2.90. The number of piperazine rings is 1. The summed E-state index contributed by atoms with van der Waals surface area (Å²) in [4.78, 5) is 16.1. The first kappa shape index (κ1) is 22.8. The van der Waals surface area contributed by atoms with Gasteiger partial charge in [-0.1, -0.05) is 0 Å². The van der Waals surface area contributed by atoms with Gasteiger partial charge in [-0.3, -0.25) is 4.90 Å². The smallest absolute Gasteiger partial charge is 0.416 e. The minimum atomic E-state index is -4.41. The first-order chi connectivity index (χ1) is 12.9. The van der Waals surface area contributed by atoms with Crippen LogP contribution < -0.4 is 4.74 Å². The minimum Gasteiger partial charge on any atom is -0.491 e. The fourth-order valence-corrected chi connectivity index (χ4v) is 3.26. The highest BCUT2D eigenvalue weighted by molar-refractivity contribution is 9.10. The average molecular weight is 467 g/mol. The van der Waals surface area contributed by atoms with Crippen LogP contribution in [-0.4, -0.2) is 60.3 Å². The van der Waals surface area contributed by atoms with Gasteiger partial charge in [0.1, 0.15) is 18.0 Å². The van der Waals surface area contributed by atoms with Gasteiger partial charge in [-0.25, -0.2) is 4.79 Å². The van der Waals surface area contributed by atoms with Crippen LogP contribution in [0.25, 0.3) is 0 Å². The number of carbonyl (C=O) groups is 1. The molecule has 1 saturated heterocycles. The second-order valence-corrected chi connectivity index (χ2v) is 8.67. The van der Waals surface area contributed by atoms with Crippen LogP contribution in [0.5, 0.6) is 5.75 Å². The summed E-state index contributed by atoms with van der Waals surface area (Å²) in [6, 6.07) is 3.31. The summed E-state index contributed by atoms with van der Waals surface area (Å²) in [7, 11) is 0. The third-order valence-electron chi connectivity index (χ3n) is 4.26. The lowest BCUT2D eigenvalue weighted by atomic mass is 10.2. The summed E-state index contributed by atoms with van der Waals surface area (Å²) in [5.41, 5.74) is -1.29. The highest BCUT2D eigenvalue weighted by Gasteiger charge is 2.32. The molecule has 9 heteroatoms. The second kappa shape index (κ2) is 8.90. The molecule has 0 bridgehead atoms. The van der Waals surface area contributed by atoms with Crippen molar-refractivity contribution in [3.63, 3.8) is 0 Å². The van der Waals surface area contributed by atoms with Crippen LogP contribution in [-0.2, 0) is 10.9 Å². The monoisotopic (exact) mass is 466 g/mol. The van der Waals surface area contributed by atoms with Gasteiger partial charge in [0.15, 0.2) is 0 Å². The predicted molar refractivity (Wildman–Crippen MR) is 103 cm³/mol. The molecule has 1 aliphatic heterocycles. The van der Waals surface area contributed by atoms with Crippen LogP contribution in [0, 0.1) is 0 Å². The summed E-state index contributed by atoms with van der Waals surface area (Å²) in [6.45, 7) is 10.1. The molecule has 0 radical (unpaired) electrons. The van der Waals surface area contributed by atoms with Crippen LogP contribution in [0.15, 0.2) is 22.7 Å². The molecule has 1 aromatic carbocycles. The molecule has 0 unspecified atom stereocenters. The summed E-state index contributed by atoms with van der Waals surface area (Å²) in [5, 5.41) is 0. The zero-order valence-corrected chi connectivity index (χ0v) is 18.1. The van der Waals surface area contributed by atoms with E-state index in [-0.39, 0.29) is 24.5 Å². The van der Waals surface area contributed by atoms with Gasteiger partial charge in [-0.2, -0.15) is 13.2 Å². The van der Waals surface area contributed by atoms with Crippen molar-refractivity contribution in [2.75, 3.05) is 32.8 Å². The van der Waals surface area contributed by atoms with Crippen LogP contribution in [0.4, 0.5) is 18.0 Å². The maximum Gasteiger partial charge on any atom is 0.416 e. The number of benzene rings is 1. The number of hydrogen-bond acceptors (Lipinski definition) is 4. The topological polar surface area (TPSA) is 42.0 Å². The highest BCUT2D eigenvalue weighted by atomic mass is 79.9. The molecule has 0 saturated carbocycles. The molecule has 5 nitrogen and oxygen atoms in total. The summed E-state index contributed by atoms with van der Waals surface area (Å²) in [6.07, 6.45) is -4.74. The molecular weight excluding hydrogens is 441 g/mol. The van der Waals surface area contributed by atoms with Crippen LogP contribution in [0.2, 0.25) is 0 Å². The van der Waals surface area contributed by atoms with E-state index in [0.29, 0.717) is 30.7 Å². The zero-order valence-electron chi connectivity index (χ0n) is 16.5. The highest BCUT2D eigenvalue weighted by Crippen LogP contribution is 2.35. The molecule has 1 aliphatic rings. The molecule has 0 aromatic heterocycles. The number of nitrogens with zero attached hydrogens (tertiary/aromatic N) is 2. The number of ether oxygens (including phenoxy) is 2. The molecule has 1 atom stereocenters. The molecule has 158 valence electrons. The molecular formula is C19H26BrF3N2O3. The average Bonchev–Trinajstić information content (AvgIpc) is 2.54. The van der Waals surface area contributed by atoms with Gasteiger partial charge in [-0.15, -0.1) is 0 Å². The van der Waals surface area contributed by atoms with Gasteiger partial charge in [0, 0.05) is 32.2 Å². The second-order valence-electron chi connectivity index (χ2n) is 7.81. The Morgan fingerprint density at radius 3 is 2.50 bits per heavy atom. The number of carbonyl (C=O) groups excluding carboxylic acids is 1. The van der Waals surface area contributed by atoms with Crippen molar-refractivity contribution in [3.8, 4) is 5.75 Å². The Morgan fingerprint density at radius 2 is 1.93 bits per heavy atom. The molecule has 1 amide bonds. The van der Waals surface area contributed by atoms with Crippen LogP contribution >= 0.6 is 15.9 Å². The van der Waals surface area contributed by atoms with E-state index >= 15 is 0 Å². The van der Waals surface area contributed by atoms with E-state index in [0.717, 1.165) is 12.1 Å². The molecule has 0 N–H and O–H groups in total. The van der Waals surface area contributed by atoms with Crippen LogP contribution in [0.3, 0.4) is 0 Å². The molecule has 1 heterocycles. The van der Waals surface area contributed by atoms with Gasteiger partial charge in [0.05, 0.1) is 10.0 Å². The van der Waals surface area contributed by atoms with Crippen molar-refractivity contribution in [1.82, 2.24) is 9.80 Å². The lowest BCUT2D eigenvalue weighted by molar-refractivity contribution is -0.137. The summed E-state index contributed by atoms with van der Waals surface area (Å²) >= 11 is 3.22. The van der Waals surface area contributed by atoms with Gasteiger partial charge in [-0.05, 0) is 61.8 Å². The first-order valence-corrected chi connectivity index (χ1v) is 9.87. The van der Waals surface area contributed by atoms with Crippen molar-refractivity contribution in [2.45, 2.75) is 45.5 Å². The van der Waals surface area contributed by atoms with E-state index in [1.54, 1.807) is 4.90 Å². The number of rotatable bonds is 4. The van der Waals surface area contributed by atoms with E-state index in [2.05, 4.69) is 20.8 Å². The van der Waals surface area contributed by atoms with E-state index in [1.165, 1.54) is 6.07 Å². The summed E-state index contributed by atoms with van der Waals surface area (Å²) in [5.74, 6) is 0.162. The lowest BCUT2D eigenvalue weighted by Crippen LogP contribution is -2.55. The standard InChI is InChI=1S/C19H26BrF3N2O3/c1-13-12-24(7-8-25(13)17(26)28-18(2,3)4)9-10-27-16-11-14(19(21,22)23)5-6-15(16)20/h5-6,11,13H,7-10,12H2,1-4H3/t13-/m1/s1. The number of alkyl halides is 3. The Kier molecular flexibility index (Phi) is 7.25. The normalized spacial score (nSPS) is 18.9. The number of halogens is 4. The van der Waals surface area contributed by atoms with Crippen molar-refractivity contribution in [3.05, 3.63) is 28.2 Å². The Balaban J connectivity index is 1.85. The number of hydrogen-bond donors (Lipinski definition) is 0. The van der Waals surface area contributed by atoms with E-state index < -0.39 is 17.3 Å². The first-order valence-electron chi connectivity index (χ1n) is 9.08. The van der Waals surface area contributed by atoms with Crippen molar-refractivity contribution < 1.29 is 27.4 Å². The summed E-state index contributed by atoms with van der Waals surface area (Å²) < 4.78 is 50.0. The minimum absolute atomic E-state index is 0.0242. The maximum atomic E-state index is 12.8. The van der Waals surface area contributed by atoms with Crippen molar-refractivity contribution in [2.24, 2.45) is 0 Å². The van der Waals surface area contributed by atoms with Gasteiger partial charge in [0.25, 0.3) is 0 Å². The van der Waals surface area contributed by atoms with E-state index in [9.17, 15) is 18.0 Å². The van der Waals surface area contributed by atoms with E-state index in [4.69, 9.17) is 9.47 Å². The lowest BCUT2D eigenvalue weighted by Gasteiger charge is -2.40. The van der Waals surface area contributed by atoms with Gasteiger partial charge < -0.3 is 14.4 Å². The SMILES string of the molecule is C[C@@H]1CN(CCOc2cc(C(F)(F)F)ccc2Br)CCN1C(=O)OC(C)(C)C. The third-order valence-corrected chi connectivity index (χ3v) is 4.92. The molecule has 1 aromatic rings. The van der Waals surface area contributed by atoms with Crippen LogP contribution in [0.1, 0.15) is 33.3 Å². The fraction of sp³-hybridized carbons (Fsp3) is 0.632. The van der Waals surface area contributed by atoms with E-state index in [1.807, 2.05) is 27.7 Å². The molecule has 0 spiro atoms. The predicted octanol–water partition coefficient (Wildman–Crippen LogP) is 4.79.